The highest BCUT2D eigenvalue weighted by Crippen LogP contribution is 2.16. The number of carbonyl (C=O) groups excluding carboxylic acids is 1. The van der Waals surface area contributed by atoms with Gasteiger partial charge in [0.15, 0.2) is 0 Å². The molecule has 8 heteroatoms. The first-order valence-corrected chi connectivity index (χ1v) is 9.61. The zero-order valence-electron chi connectivity index (χ0n) is 17.0. The fourth-order valence-corrected chi connectivity index (χ4v) is 3.56. The van der Waals surface area contributed by atoms with Crippen LogP contribution in [0.5, 0.6) is 0 Å². The fraction of sp³-hybridized carbons (Fsp3) is 0.333. The standard InChI is InChI=1S/C21H24N6O2/c1-13(2)16(12-27-17-8-6-5-7-15(17)23-24-27)22-20(28)14-9-10-18-19(11-14)26(4)21(29)25(18)3/h5-11,13,16H,12H2,1-4H3,(H,22,28)/t16-/m1/s1. The Morgan fingerprint density at radius 3 is 2.52 bits per heavy atom. The molecule has 2 aromatic carbocycles. The van der Waals surface area contributed by atoms with Crippen molar-refractivity contribution < 1.29 is 4.79 Å². The lowest BCUT2D eigenvalue weighted by Gasteiger charge is -2.22. The van der Waals surface area contributed by atoms with Crippen molar-refractivity contribution in [2.75, 3.05) is 0 Å². The number of nitrogens with zero attached hydrogens (tertiary/aromatic N) is 5. The number of hydrogen-bond donors (Lipinski definition) is 1. The molecule has 0 aliphatic heterocycles. The van der Waals surface area contributed by atoms with Crippen LogP contribution in [0.15, 0.2) is 47.3 Å². The van der Waals surface area contributed by atoms with Crippen molar-refractivity contribution in [3.05, 3.63) is 58.5 Å². The molecule has 0 unspecified atom stereocenters. The van der Waals surface area contributed by atoms with E-state index < -0.39 is 0 Å². The van der Waals surface area contributed by atoms with Crippen LogP contribution in [0.4, 0.5) is 0 Å². The van der Waals surface area contributed by atoms with E-state index in [4.69, 9.17) is 0 Å². The SMILES string of the molecule is CC(C)[C@@H](Cn1nnc2ccccc21)NC(=O)c1ccc2c(c1)n(C)c(=O)n2C. The van der Waals surface area contributed by atoms with Crippen molar-refractivity contribution in [2.24, 2.45) is 20.0 Å². The minimum Gasteiger partial charge on any atom is -0.347 e. The summed E-state index contributed by atoms with van der Waals surface area (Å²) >= 11 is 0. The molecule has 0 spiro atoms. The molecule has 1 N–H and O–H groups in total. The monoisotopic (exact) mass is 392 g/mol. The summed E-state index contributed by atoms with van der Waals surface area (Å²) in [6, 6.07) is 13.0. The lowest BCUT2D eigenvalue weighted by atomic mass is 10.0. The molecule has 0 bridgehead atoms. The second-order valence-electron chi connectivity index (χ2n) is 7.69. The van der Waals surface area contributed by atoms with E-state index in [1.54, 1.807) is 41.4 Å². The number of nitrogens with one attached hydrogen (secondary N) is 1. The summed E-state index contributed by atoms with van der Waals surface area (Å²) in [5.74, 6) is 0.0260. The van der Waals surface area contributed by atoms with Crippen molar-refractivity contribution in [3.8, 4) is 0 Å². The molecule has 0 fully saturated rings. The van der Waals surface area contributed by atoms with E-state index in [0.29, 0.717) is 12.1 Å². The van der Waals surface area contributed by atoms with Crippen molar-refractivity contribution in [1.29, 1.82) is 0 Å². The van der Waals surface area contributed by atoms with Crippen molar-refractivity contribution >= 4 is 28.0 Å². The van der Waals surface area contributed by atoms with E-state index in [0.717, 1.165) is 22.1 Å². The largest absolute Gasteiger partial charge is 0.347 e. The molecular weight excluding hydrogens is 368 g/mol. The van der Waals surface area contributed by atoms with Gasteiger partial charge in [0.2, 0.25) is 0 Å². The molecular formula is C21H24N6O2. The molecule has 1 atom stereocenters. The van der Waals surface area contributed by atoms with Gasteiger partial charge in [-0.25, -0.2) is 9.48 Å². The highest BCUT2D eigenvalue weighted by atomic mass is 16.2. The van der Waals surface area contributed by atoms with Crippen molar-refractivity contribution in [2.45, 2.75) is 26.4 Å². The zero-order valence-corrected chi connectivity index (χ0v) is 17.0. The summed E-state index contributed by atoms with van der Waals surface area (Å²) in [6.07, 6.45) is 0. The molecule has 4 aromatic rings. The number of hydrogen-bond acceptors (Lipinski definition) is 4. The second-order valence-corrected chi connectivity index (χ2v) is 7.69. The van der Waals surface area contributed by atoms with Gasteiger partial charge < -0.3 is 5.32 Å². The molecule has 0 saturated carbocycles. The first-order valence-electron chi connectivity index (χ1n) is 9.61. The van der Waals surface area contributed by atoms with Crippen LogP contribution in [0, 0.1) is 5.92 Å². The number of carbonyl (C=O) groups is 1. The van der Waals surface area contributed by atoms with Gasteiger partial charge in [-0.1, -0.05) is 31.2 Å². The number of aromatic nitrogens is 5. The molecule has 1 amide bonds. The quantitative estimate of drug-likeness (QED) is 0.563. The summed E-state index contributed by atoms with van der Waals surface area (Å²) < 4.78 is 4.95. The lowest BCUT2D eigenvalue weighted by molar-refractivity contribution is 0.0919. The van der Waals surface area contributed by atoms with E-state index in [2.05, 4.69) is 29.5 Å². The molecule has 2 heterocycles. The predicted octanol–water partition coefficient (Wildman–Crippen LogP) is 2.08. The van der Waals surface area contributed by atoms with Crippen LogP contribution in [0.1, 0.15) is 24.2 Å². The van der Waals surface area contributed by atoms with Gasteiger partial charge in [0, 0.05) is 19.7 Å². The molecule has 0 radical (unpaired) electrons. The highest BCUT2D eigenvalue weighted by Gasteiger charge is 2.20. The number of benzene rings is 2. The maximum atomic E-state index is 12.9. The molecule has 4 rings (SSSR count). The number of amides is 1. The number of para-hydroxylation sites is 1. The summed E-state index contributed by atoms with van der Waals surface area (Å²) in [7, 11) is 3.43. The Morgan fingerprint density at radius 2 is 1.76 bits per heavy atom. The van der Waals surface area contributed by atoms with Gasteiger partial charge in [-0.3, -0.25) is 13.9 Å². The molecule has 0 saturated heterocycles. The number of rotatable bonds is 5. The Balaban J connectivity index is 1.60. The van der Waals surface area contributed by atoms with Gasteiger partial charge in [0.1, 0.15) is 5.52 Å². The van der Waals surface area contributed by atoms with Crippen LogP contribution in [0.25, 0.3) is 22.1 Å². The third-order valence-corrected chi connectivity index (χ3v) is 5.45. The molecule has 150 valence electrons. The second kappa shape index (κ2) is 7.20. The van der Waals surface area contributed by atoms with Crippen LogP contribution < -0.4 is 11.0 Å². The number of fused-ring (bicyclic) bond motifs is 2. The van der Waals surface area contributed by atoms with Crippen LogP contribution in [-0.4, -0.2) is 36.1 Å². The Kier molecular flexibility index (Phi) is 4.70. The van der Waals surface area contributed by atoms with Crippen LogP contribution in [0.2, 0.25) is 0 Å². The third-order valence-electron chi connectivity index (χ3n) is 5.45. The summed E-state index contributed by atoms with van der Waals surface area (Å²) in [6.45, 7) is 4.65. The van der Waals surface area contributed by atoms with Crippen LogP contribution in [-0.2, 0) is 20.6 Å². The Morgan fingerprint density at radius 1 is 1.03 bits per heavy atom. The maximum absolute atomic E-state index is 12.9. The topological polar surface area (TPSA) is 86.7 Å². The molecule has 8 nitrogen and oxygen atoms in total. The van der Waals surface area contributed by atoms with Gasteiger partial charge in [-0.15, -0.1) is 5.10 Å². The Hall–Kier alpha value is -3.42. The third kappa shape index (κ3) is 3.30. The maximum Gasteiger partial charge on any atom is 0.328 e. The fourth-order valence-electron chi connectivity index (χ4n) is 3.56. The van der Waals surface area contributed by atoms with Crippen LogP contribution in [0.3, 0.4) is 0 Å². The summed E-state index contributed by atoms with van der Waals surface area (Å²) in [5.41, 5.74) is 3.70. The molecule has 2 aromatic heterocycles. The van der Waals surface area contributed by atoms with E-state index in [1.807, 2.05) is 28.9 Å². The number of aryl methyl sites for hydroxylation is 2. The summed E-state index contributed by atoms with van der Waals surface area (Å²) in [5, 5.41) is 11.5. The minimum atomic E-state index is -0.175. The van der Waals surface area contributed by atoms with E-state index >= 15 is 0 Å². The molecule has 0 aliphatic carbocycles. The molecule has 0 aliphatic rings. The zero-order chi connectivity index (χ0) is 20.7. The number of imidazole rings is 1. The lowest BCUT2D eigenvalue weighted by Crippen LogP contribution is -2.41. The Labute approximate surface area is 167 Å². The van der Waals surface area contributed by atoms with Gasteiger partial charge in [0.25, 0.3) is 5.91 Å². The van der Waals surface area contributed by atoms with Gasteiger partial charge in [0.05, 0.1) is 29.1 Å². The normalized spacial score (nSPS) is 12.7. The van der Waals surface area contributed by atoms with Crippen LogP contribution >= 0.6 is 0 Å². The predicted molar refractivity (Wildman–Crippen MR) is 112 cm³/mol. The first kappa shape index (κ1) is 18.9. The minimum absolute atomic E-state index is 0.115. The highest BCUT2D eigenvalue weighted by molar-refractivity contribution is 5.97. The average molecular weight is 392 g/mol. The van der Waals surface area contributed by atoms with Gasteiger partial charge in [-0.2, -0.15) is 0 Å². The van der Waals surface area contributed by atoms with Gasteiger partial charge >= 0.3 is 5.69 Å². The summed E-state index contributed by atoms with van der Waals surface area (Å²) in [4.78, 5) is 25.1. The van der Waals surface area contributed by atoms with Crippen molar-refractivity contribution in [3.63, 3.8) is 0 Å². The van der Waals surface area contributed by atoms with Crippen molar-refractivity contribution in [1.82, 2.24) is 29.4 Å². The van der Waals surface area contributed by atoms with E-state index in [-0.39, 0.29) is 23.6 Å². The molecule has 29 heavy (non-hydrogen) atoms. The smallest absolute Gasteiger partial charge is 0.328 e. The van der Waals surface area contributed by atoms with E-state index in [1.165, 1.54) is 0 Å². The average Bonchev–Trinajstić information content (AvgIpc) is 3.22. The Bertz CT molecular complexity index is 1260. The van der Waals surface area contributed by atoms with Gasteiger partial charge in [-0.05, 0) is 36.2 Å². The first-order chi connectivity index (χ1) is 13.9. The van der Waals surface area contributed by atoms with E-state index in [9.17, 15) is 9.59 Å².